The second-order valence-electron chi connectivity index (χ2n) is 3.14. The molecule has 0 unspecified atom stereocenters. The Morgan fingerprint density at radius 1 is 1.36 bits per heavy atom. The maximum absolute atomic E-state index is 10.9. The maximum Gasteiger partial charge on any atom is 0.222 e. The van der Waals surface area contributed by atoms with E-state index in [9.17, 15) is 8.42 Å². The van der Waals surface area contributed by atoms with Crippen molar-refractivity contribution in [2.75, 3.05) is 16.8 Å². The third-order valence-electron chi connectivity index (χ3n) is 1.86. The Kier molecular flexibility index (Phi) is 2.60. The van der Waals surface area contributed by atoms with Crippen LogP contribution in [0.15, 0.2) is 12.4 Å². The van der Waals surface area contributed by atoms with E-state index in [-0.39, 0.29) is 17.5 Å². The van der Waals surface area contributed by atoms with E-state index in [4.69, 9.17) is 0 Å². The van der Waals surface area contributed by atoms with E-state index in [0.29, 0.717) is 5.95 Å². The van der Waals surface area contributed by atoms with Crippen molar-refractivity contribution in [2.24, 2.45) is 0 Å². The van der Waals surface area contributed by atoms with Crippen LogP contribution in [-0.2, 0) is 9.84 Å². The molecule has 1 aliphatic rings. The van der Waals surface area contributed by atoms with Crippen LogP contribution < -0.4 is 5.32 Å². The molecule has 5 nitrogen and oxygen atoms in total. The molecule has 76 valence electrons. The highest BCUT2D eigenvalue weighted by atomic mass is 127. The molecule has 1 N–H and O–H groups in total. The maximum atomic E-state index is 10.9. The van der Waals surface area contributed by atoms with Crippen molar-refractivity contribution in [3.8, 4) is 0 Å². The third-order valence-corrected chi connectivity index (χ3v) is 4.24. The molecule has 2 rings (SSSR count). The van der Waals surface area contributed by atoms with E-state index in [1.54, 1.807) is 12.4 Å². The molecule has 2 heterocycles. The van der Waals surface area contributed by atoms with Gasteiger partial charge in [-0.25, -0.2) is 18.4 Å². The lowest BCUT2D eigenvalue weighted by Crippen LogP contribution is -2.46. The van der Waals surface area contributed by atoms with Crippen LogP contribution in [0.5, 0.6) is 0 Å². The first kappa shape index (κ1) is 10.1. The zero-order valence-corrected chi connectivity index (χ0v) is 10.1. The van der Waals surface area contributed by atoms with Gasteiger partial charge in [0.2, 0.25) is 5.95 Å². The van der Waals surface area contributed by atoms with Gasteiger partial charge in [-0.2, -0.15) is 0 Å². The molecule has 1 aliphatic heterocycles. The molecule has 0 bridgehead atoms. The van der Waals surface area contributed by atoms with Gasteiger partial charge in [0.25, 0.3) is 0 Å². The van der Waals surface area contributed by atoms with Crippen LogP contribution in [-0.4, -0.2) is 35.9 Å². The highest BCUT2D eigenvalue weighted by Crippen LogP contribution is 2.14. The van der Waals surface area contributed by atoms with Crippen molar-refractivity contribution in [3.63, 3.8) is 0 Å². The fraction of sp³-hybridized carbons (Fsp3) is 0.429. The van der Waals surface area contributed by atoms with Crippen LogP contribution in [0.25, 0.3) is 0 Å². The van der Waals surface area contributed by atoms with Gasteiger partial charge < -0.3 is 5.32 Å². The summed E-state index contributed by atoms with van der Waals surface area (Å²) in [6.07, 6.45) is 3.37. The lowest BCUT2D eigenvalue weighted by molar-refractivity contribution is 0.570. The SMILES string of the molecule is O=S1(=O)CC(Nc2ncc(I)cn2)C1. The first-order valence-corrected chi connectivity index (χ1v) is 6.90. The highest BCUT2D eigenvalue weighted by Gasteiger charge is 2.33. The summed E-state index contributed by atoms with van der Waals surface area (Å²) in [5, 5.41) is 2.96. The summed E-state index contributed by atoms with van der Waals surface area (Å²) in [5.41, 5.74) is 0. The van der Waals surface area contributed by atoms with Crippen LogP contribution in [0.4, 0.5) is 5.95 Å². The largest absolute Gasteiger partial charge is 0.349 e. The minimum Gasteiger partial charge on any atom is -0.349 e. The fourth-order valence-electron chi connectivity index (χ4n) is 1.22. The molecular formula is C7H8IN3O2S. The summed E-state index contributed by atoms with van der Waals surface area (Å²) in [4.78, 5) is 8.05. The van der Waals surface area contributed by atoms with E-state index >= 15 is 0 Å². The fourth-order valence-corrected chi connectivity index (χ4v) is 2.79. The minimum atomic E-state index is -2.78. The Hall–Kier alpha value is -0.440. The van der Waals surface area contributed by atoms with Gasteiger partial charge in [0.15, 0.2) is 9.84 Å². The number of sulfone groups is 1. The summed E-state index contributed by atoms with van der Waals surface area (Å²) in [6, 6.07) is -0.0277. The predicted molar refractivity (Wildman–Crippen MR) is 60.8 cm³/mol. The van der Waals surface area contributed by atoms with E-state index in [1.807, 2.05) is 0 Å². The van der Waals surface area contributed by atoms with Crippen molar-refractivity contribution in [2.45, 2.75) is 6.04 Å². The van der Waals surface area contributed by atoms with Crippen LogP contribution in [0.1, 0.15) is 0 Å². The van der Waals surface area contributed by atoms with Gasteiger partial charge in [0, 0.05) is 16.0 Å². The van der Waals surface area contributed by atoms with Gasteiger partial charge in [-0.1, -0.05) is 0 Å². The standard InChI is InChI=1S/C7H8IN3O2S/c8-5-1-9-7(10-2-5)11-6-3-14(12,13)4-6/h1-2,6H,3-4H2,(H,9,10,11). The smallest absolute Gasteiger partial charge is 0.222 e. The predicted octanol–water partition coefficient (Wildman–Crippen LogP) is 0.290. The molecule has 7 heteroatoms. The van der Waals surface area contributed by atoms with Crippen molar-refractivity contribution in [3.05, 3.63) is 16.0 Å². The molecular weight excluding hydrogens is 317 g/mol. The number of nitrogens with one attached hydrogen (secondary N) is 1. The third kappa shape index (κ3) is 2.32. The Labute approximate surface area is 95.4 Å². The monoisotopic (exact) mass is 325 g/mol. The summed E-state index contributed by atoms with van der Waals surface area (Å²) >= 11 is 2.11. The number of aromatic nitrogens is 2. The van der Waals surface area contributed by atoms with Crippen molar-refractivity contribution >= 4 is 38.4 Å². The molecule has 0 saturated carbocycles. The molecule has 1 aromatic rings. The number of rotatable bonds is 2. The number of hydrogen-bond donors (Lipinski definition) is 1. The normalized spacial score (nSPS) is 20.1. The topological polar surface area (TPSA) is 72.0 Å². The Morgan fingerprint density at radius 2 is 1.93 bits per heavy atom. The number of nitrogens with zero attached hydrogens (tertiary/aromatic N) is 2. The van der Waals surface area contributed by atoms with Crippen molar-refractivity contribution < 1.29 is 8.42 Å². The van der Waals surface area contributed by atoms with E-state index in [0.717, 1.165) is 3.57 Å². The molecule has 0 amide bonds. The lowest BCUT2D eigenvalue weighted by atomic mass is 10.4. The average molecular weight is 325 g/mol. The Balaban J connectivity index is 1.97. The highest BCUT2D eigenvalue weighted by molar-refractivity contribution is 14.1. The van der Waals surface area contributed by atoms with E-state index in [2.05, 4.69) is 37.9 Å². The zero-order valence-electron chi connectivity index (χ0n) is 7.14. The second-order valence-corrected chi connectivity index (χ2v) is 6.54. The quantitative estimate of drug-likeness (QED) is 0.792. The van der Waals surface area contributed by atoms with E-state index < -0.39 is 9.84 Å². The molecule has 1 fully saturated rings. The van der Waals surface area contributed by atoms with E-state index in [1.165, 1.54) is 0 Å². The van der Waals surface area contributed by atoms with Gasteiger partial charge in [0.1, 0.15) is 0 Å². The Bertz CT molecular complexity index is 419. The Morgan fingerprint density at radius 3 is 2.43 bits per heavy atom. The molecule has 0 aliphatic carbocycles. The van der Waals surface area contributed by atoms with Gasteiger partial charge in [-0.05, 0) is 22.6 Å². The molecule has 1 aromatic heterocycles. The summed E-state index contributed by atoms with van der Waals surface area (Å²) in [7, 11) is -2.78. The molecule has 0 radical (unpaired) electrons. The summed E-state index contributed by atoms with van der Waals surface area (Å²) in [6.45, 7) is 0. The number of anilines is 1. The van der Waals surface area contributed by atoms with Crippen molar-refractivity contribution in [1.82, 2.24) is 9.97 Å². The van der Waals surface area contributed by atoms with Gasteiger partial charge in [0.05, 0.1) is 17.5 Å². The second kappa shape index (κ2) is 3.61. The first-order valence-electron chi connectivity index (χ1n) is 4.00. The number of halogens is 1. The summed E-state index contributed by atoms with van der Waals surface area (Å²) in [5.74, 6) is 0.857. The molecule has 1 saturated heterocycles. The molecule has 0 atom stereocenters. The van der Waals surface area contributed by atoms with Crippen molar-refractivity contribution in [1.29, 1.82) is 0 Å². The molecule has 14 heavy (non-hydrogen) atoms. The first-order chi connectivity index (χ1) is 6.55. The molecule has 0 spiro atoms. The van der Waals surface area contributed by atoms with Crippen LogP contribution in [0.3, 0.4) is 0 Å². The van der Waals surface area contributed by atoms with Crippen LogP contribution in [0.2, 0.25) is 0 Å². The van der Waals surface area contributed by atoms with Gasteiger partial charge >= 0.3 is 0 Å². The van der Waals surface area contributed by atoms with Crippen LogP contribution in [0, 0.1) is 3.57 Å². The summed E-state index contributed by atoms with van der Waals surface area (Å²) < 4.78 is 22.7. The zero-order chi connectivity index (χ0) is 10.2. The molecule has 0 aromatic carbocycles. The average Bonchev–Trinajstić information content (AvgIpc) is 2.06. The van der Waals surface area contributed by atoms with Crippen LogP contribution >= 0.6 is 22.6 Å². The van der Waals surface area contributed by atoms with Gasteiger partial charge in [-0.3, -0.25) is 0 Å². The lowest BCUT2D eigenvalue weighted by Gasteiger charge is -2.26. The minimum absolute atomic E-state index is 0.0277. The van der Waals surface area contributed by atoms with Gasteiger partial charge in [-0.15, -0.1) is 0 Å². The number of hydrogen-bond acceptors (Lipinski definition) is 5.